The van der Waals surface area contributed by atoms with Gasteiger partial charge in [-0.25, -0.2) is 4.39 Å². The molecule has 0 aliphatic heterocycles. The second kappa shape index (κ2) is 6.36. The van der Waals surface area contributed by atoms with E-state index in [0.717, 1.165) is 23.0 Å². The topological polar surface area (TPSA) is 60.9 Å². The van der Waals surface area contributed by atoms with Crippen LogP contribution in [-0.2, 0) is 13.0 Å². The smallest absolute Gasteiger partial charge is 0.258 e. The summed E-state index contributed by atoms with van der Waals surface area (Å²) in [5, 5.41) is 0.860. The van der Waals surface area contributed by atoms with Crippen LogP contribution in [0.25, 0.3) is 22.0 Å². The van der Waals surface area contributed by atoms with Gasteiger partial charge in [0.1, 0.15) is 5.82 Å². The lowest BCUT2D eigenvalue weighted by atomic mass is 10.0. The standard InChI is InChI=1S/C18H17BrFN3O/c1-3-11-6-17-10(9-22-11)5-13(18(24)23(17)4-2)12-7-16(21)15(20)8-14(12)19/h5-9H,3-4,21H2,1-2H3. The maximum absolute atomic E-state index is 13.6. The van der Waals surface area contributed by atoms with Gasteiger partial charge in [0, 0.05) is 39.4 Å². The Bertz CT molecular complexity index is 998. The molecule has 0 saturated heterocycles. The van der Waals surface area contributed by atoms with E-state index in [4.69, 9.17) is 5.73 Å². The first-order valence-corrected chi connectivity index (χ1v) is 8.52. The Balaban J connectivity index is 2.36. The Morgan fingerprint density at radius 3 is 2.62 bits per heavy atom. The second-order valence-electron chi connectivity index (χ2n) is 5.55. The minimum absolute atomic E-state index is 0.00945. The summed E-state index contributed by atoms with van der Waals surface area (Å²) in [5.41, 5.74) is 8.38. The van der Waals surface area contributed by atoms with Gasteiger partial charge in [-0.2, -0.15) is 0 Å². The molecule has 0 saturated carbocycles. The van der Waals surface area contributed by atoms with Gasteiger partial charge in [-0.05, 0) is 37.6 Å². The van der Waals surface area contributed by atoms with E-state index in [9.17, 15) is 9.18 Å². The van der Waals surface area contributed by atoms with E-state index in [0.29, 0.717) is 22.1 Å². The summed E-state index contributed by atoms with van der Waals surface area (Å²) in [4.78, 5) is 17.4. The molecule has 0 spiro atoms. The molecular weight excluding hydrogens is 373 g/mol. The minimum Gasteiger partial charge on any atom is -0.396 e. The first kappa shape index (κ1) is 16.6. The monoisotopic (exact) mass is 389 g/mol. The van der Waals surface area contributed by atoms with Crippen LogP contribution in [0.15, 0.2) is 39.7 Å². The molecule has 0 atom stereocenters. The molecule has 6 heteroatoms. The number of hydrogen-bond donors (Lipinski definition) is 1. The summed E-state index contributed by atoms with van der Waals surface area (Å²) in [6, 6.07) is 6.49. The quantitative estimate of drug-likeness (QED) is 0.685. The zero-order valence-corrected chi connectivity index (χ0v) is 15.0. The summed E-state index contributed by atoms with van der Waals surface area (Å²) in [5.74, 6) is -0.517. The highest BCUT2D eigenvalue weighted by molar-refractivity contribution is 9.10. The number of fused-ring (bicyclic) bond motifs is 1. The van der Waals surface area contributed by atoms with E-state index < -0.39 is 5.82 Å². The number of nitrogens with two attached hydrogens (primary N) is 1. The molecule has 0 bridgehead atoms. The predicted octanol–water partition coefficient (Wildman–Crippen LogP) is 4.13. The lowest BCUT2D eigenvalue weighted by molar-refractivity contribution is 0.632. The van der Waals surface area contributed by atoms with Crippen LogP contribution < -0.4 is 11.3 Å². The third-order valence-electron chi connectivity index (χ3n) is 4.09. The minimum atomic E-state index is -0.517. The van der Waals surface area contributed by atoms with Gasteiger partial charge in [-0.1, -0.05) is 22.9 Å². The van der Waals surface area contributed by atoms with Crippen molar-refractivity contribution in [3.05, 3.63) is 56.8 Å². The number of aryl methyl sites for hydroxylation is 2. The van der Waals surface area contributed by atoms with Crippen LogP contribution >= 0.6 is 15.9 Å². The maximum atomic E-state index is 13.6. The van der Waals surface area contributed by atoms with E-state index in [-0.39, 0.29) is 11.2 Å². The highest BCUT2D eigenvalue weighted by Gasteiger charge is 2.15. The largest absolute Gasteiger partial charge is 0.396 e. The van der Waals surface area contributed by atoms with E-state index in [1.807, 2.05) is 19.9 Å². The molecule has 0 radical (unpaired) electrons. The van der Waals surface area contributed by atoms with Gasteiger partial charge in [0.2, 0.25) is 0 Å². The van der Waals surface area contributed by atoms with Crippen molar-refractivity contribution in [2.24, 2.45) is 0 Å². The van der Waals surface area contributed by atoms with Gasteiger partial charge in [-0.3, -0.25) is 9.78 Å². The van der Waals surface area contributed by atoms with Crippen molar-refractivity contribution in [2.45, 2.75) is 26.8 Å². The van der Waals surface area contributed by atoms with Crippen molar-refractivity contribution in [1.82, 2.24) is 9.55 Å². The van der Waals surface area contributed by atoms with Gasteiger partial charge in [0.15, 0.2) is 0 Å². The highest BCUT2D eigenvalue weighted by atomic mass is 79.9. The molecule has 0 aliphatic rings. The number of hydrogen-bond acceptors (Lipinski definition) is 3. The average Bonchev–Trinajstić information content (AvgIpc) is 2.57. The van der Waals surface area contributed by atoms with Gasteiger partial charge in [-0.15, -0.1) is 0 Å². The summed E-state index contributed by atoms with van der Waals surface area (Å²) in [7, 11) is 0. The zero-order valence-electron chi connectivity index (χ0n) is 13.4. The third-order valence-corrected chi connectivity index (χ3v) is 4.75. The summed E-state index contributed by atoms with van der Waals surface area (Å²) >= 11 is 3.33. The number of anilines is 1. The summed E-state index contributed by atoms with van der Waals surface area (Å²) < 4.78 is 15.8. The molecule has 2 heterocycles. The number of rotatable bonds is 3. The van der Waals surface area contributed by atoms with E-state index >= 15 is 0 Å². The molecule has 1 aromatic carbocycles. The maximum Gasteiger partial charge on any atom is 0.258 e. The first-order chi connectivity index (χ1) is 11.5. The normalized spacial score (nSPS) is 11.2. The van der Waals surface area contributed by atoms with Crippen molar-refractivity contribution < 1.29 is 4.39 Å². The molecule has 0 aliphatic carbocycles. The van der Waals surface area contributed by atoms with E-state index in [1.54, 1.807) is 16.8 Å². The Kier molecular flexibility index (Phi) is 4.41. The SMILES string of the molecule is CCc1cc2c(cn1)cc(-c1cc(N)c(F)cc1Br)c(=O)n2CC. The van der Waals surface area contributed by atoms with Crippen molar-refractivity contribution in [3.8, 4) is 11.1 Å². The van der Waals surface area contributed by atoms with Gasteiger partial charge >= 0.3 is 0 Å². The van der Waals surface area contributed by atoms with Crippen LogP contribution in [0, 0.1) is 5.82 Å². The number of aromatic nitrogens is 2. The fourth-order valence-electron chi connectivity index (χ4n) is 2.79. The zero-order chi connectivity index (χ0) is 17.4. The Labute approximate surface area is 147 Å². The highest BCUT2D eigenvalue weighted by Crippen LogP contribution is 2.31. The van der Waals surface area contributed by atoms with E-state index in [2.05, 4.69) is 20.9 Å². The first-order valence-electron chi connectivity index (χ1n) is 7.73. The number of nitrogen functional groups attached to an aromatic ring is 1. The van der Waals surface area contributed by atoms with Gasteiger partial charge in [0.25, 0.3) is 5.56 Å². The number of nitrogens with zero attached hydrogens (tertiary/aromatic N) is 2. The lowest BCUT2D eigenvalue weighted by Gasteiger charge is -2.13. The number of halogens is 2. The fourth-order valence-corrected chi connectivity index (χ4v) is 3.32. The van der Waals surface area contributed by atoms with Crippen molar-refractivity contribution in [1.29, 1.82) is 0 Å². The van der Waals surface area contributed by atoms with Gasteiger partial charge in [0.05, 0.1) is 11.2 Å². The number of pyridine rings is 2. The van der Waals surface area contributed by atoms with Crippen LogP contribution in [0.2, 0.25) is 0 Å². The van der Waals surface area contributed by atoms with Crippen molar-refractivity contribution >= 4 is 32.5 Å². The molecular formula is C18H17BrFN3O. The van der Waals surface area contributed by atoms with Gasteiger partial charge < -0.3 is 10.3 Å². The van der Waals surface area contributed by atoms with Crippen LogP contribution in [-0.4, -0.2) is 9.55 Å². The molecule has 2 aromatic heterocycles. The molecule has 0 unspecified atom stereocenters. The molecule has 0 fully saturated rings. The van der Waals surface area contributed by atoms with Crippen LogP contribution in [0.5, 0.6) is 0 Å². The molecule has 3 rings (SSSR count). The van der Waals surface area contributed by atoms with Crippen LogP contribution in [0.3, 0.4) is 0 Å². The Morgan fingerprint density at radius 2 is 1.96 bits per heavy atom. The van der Waals surface area contributed by atoms with Crippen molar-refractivity contribution in [2.75, 3.05) is 5.73 Å². The fraction of sp³-hybridized carbons (Fsp3) is 0.222. The average molecular weight is 390 g/mol. The third kappa shape index (κ3) is 2.71. The molecule has 24 heavy (non-hydrogen) atoms. The van der Waals surface area contributed by atoms with Crippen LogP contribution in [0.1, 0.15) is 19.5 Å². The number of benzene rings is 1. The molecule has 2 N–H and O–H groups in total. The molecule has 124 valence electrons. The second-order valence-corrected chi connectivity index (χ2v) is 6.40. The van der Waals surface area contributed by atoms with Crippen LogP contribution in [0.4, 0.5) is 10.1 Å². The molecule has 0 amide bonds. The molecule has 4 nitrogen and oxygen atoms in total. The summed E-state index contributed by atoms with van der Waals surface area (Å²) in [6.45, 7) is 4.48. The predicted molar refractivity (Wildman–Crippen MR) is 98.6 cm³/mol. The summed E-state index contributed by atoms with van der Waals surface area (Å²) in [6.07, 6.45) is 2.57. The van der Waals surface area contributed by atoms with E-state index in [1.165, 1.54) is 12.1 Å². The lowest BCUT2D eigenvalue weighted by Crippen LogP contribution is -2.21. The Hall–Kier alpha value is -2.21. The Morgan fingerprint density at radius 1 is 1.21 bits per heavy atom. The molecule has 3 aromatic rings. The van der Waals surface area contributed by atoms with Crippen molar-refractivity contribution in [3.63, 3.8) is 0 Å².